The number of halogens is 1. The van der Waals surface area contributed by atoms with Gasteiger partial charge in [-0.1, -0.05) is 31.2 Å². The molecule has 0 fully saturated rings. The molecule has 0 N–H and O–H groups in total. The molecule has 3 nitrogen and oxygen atoms in total. The van der Waals surface area contributed by atoms with Crippen LogP contribution in [0, 0.1) is 18.3 Å². The van der Waals surface area contributed by atoms with Gasteiger partial charge in [0.25, 0.3) is 0 Å². The number of nitriles is 1. The van der Waals surface area contributed by atoms with Gasteiger partial charge in [-0.3, -0.25) is 4.79 Å². The number of alkyl halides is 1. The standard InChI is InChI=1S/C16H20FNO2/c1-3-6-15(17)20-16(19)10-9-13(11-18)14-8-5-4-7-12(14)2/h4-5,7-8,13,15H,3,6,9-10H2,1-2H3. The van der Waals surface area contributed by atoms with E-state index in [-0.39, 0.29) is 18.8 Å². The van der Waals surface area contributed by atoms with Crippen molar-refractivity contribution in [2.24, 2.45) is 0 Å². The van der Waals surface area contributed by atoms with Crippen LogP contribution in [0.1, 0.15) is 49.7 Å². The van der Waals surface area contributed by atoms with Crippen molar-refractivity contribution in [2.75, 3.05) is 0 Å². The normalized spacial score (nSPS) is 13.3. The van der Waals surface area contributed by atoms with Gasteiger partial charge in [0.2, 0.25) is 6.36 Å². The zero-order valence-electron chi connectivity index (χ0n) is 11.9. The minimum absolute atomic E-state index is 0.0523. The quantitative estimate of drug-likeness (QED) is 0.707. The van der Waals surface area contributed by atoms with Gasteiger partial charge in [-0.15, -0.1) is 0 Å². The number of hydrogen-bond acceptors (Lipinski definition) is 3. The molecule has 0 aliphatic rings. The number of hydrogen-bond donors (Lipinski definition) is 0. The Morgan fingerprint density at radius 1 is 1.40 bits per heavy atom. The molecule has 0 amide bonds. The lowest BCUT2D eigenvalue weighted by Gasteiger charge is -2.13. The van der Waals surface area contributed by atoms with Crippen LogP contribution in [0.3, 0.4) is 0 Å². The van der Waals surface area contributed by atoms with Crippen molar-refractivity contribution >= 4 is 5.97 Å². The molecule has 1 aromatic rings. The first-order chi connectivity index (χ1) is 9.58. The highest BCUT2D eigenvalue weighted by Crippen LogP contribution is 2.24. The van der Waals surface area contributed by atoms with E-state index in [0.29, 0.717) is 12.8 Å². The Hall–Kier alpha value is -1.89. The molecule has 1 rings (SSSR count). The van der Waals surface area contributed by atoms with Crippen LogP contribution in [0.15, 0.2) is 24.3 Å². The summed E-state index contributed by atoms with van der Waals surface area (Å²) in [5.41, 5.74) is 1.93. The predicted octanol–water partition coefficient (Wildman–Crippen LogP) is 4.02. The summed E-state index contributed by atoms with van der Waals surface area (Å²) >= 11 is 0. The second kappa shape index (κ2) is 8.31. The van der Waals surface area contributed by atoms with Crippen molar-refractivity contribution < 1.29 is 13.9 Å². The average molecular weight is 277 g/mol. The predicted molar refractivity (Wildman–Crippen MR) is 74.7 cm³/mol. The molecule has 0 aliphatic heterocycles. The van der Waals surface area contributed by atoms with Gasteiger partial charge in [-0.05, 0) is 30.9 Å². The van der Waals surface area contributed by atoms with Crippen molar-refractivity contribution in [3.8, 4) is 6.07 Å². The van der Waals surface area contributed by atoms with Crippen LogP contribution >= 0.6 is 0 Å². The minimum atomic E-state index is -1.54. The number of nitrogens with zero attached hydrogens (tertiary/aromatic N) is 1. The fourth-order valence-electron chi connectivity index (χ4n) is 2.02. The Morgan fingerprint density at radius 3 is 2.70 bits per heavy atom. The average Bonchev–Trinajstić information content (AvgIpc) is 2.41. The van der Waals surface area contributed by atoms with Crippen LogP contribution in [-0.2, 0) is 9.53 Å². The van der Waals surface area contributed by atoms with E-state index in [2.05, 4.69) is 10.8 Å². The number of ether oxygens (including phenoxy) is 1. The lowest BCUT2D eigenvalue weighted by atomic mass is 9.92. The lowest BCUT2D eigenvalue weighted by molar-refractivity contribution is -0.158. The van der Waals surface area contributed by atoms with E-state index in [4.69, 9.17) is 0 Å². The molecule has 20 heavy (non-hydrogen) atoms. The number of esters is 1. The lowest BCUT2D eigenvalue weighted by Crippen LogP contribution is -2.14. The van der Waals surface area contributed by atoms with Crippen LogP contribution in [0.4, 0.5) is 4.39 Å². The van der Waals surface area contributed by atoms with Crippen LogP contribution in [0.5, 0.6) is 0 Å². The summed E-state index contributed by atoms with van der Waals surface area (Å²) in [5.74, 6) is -0.951. The molecule has 0 aliphatic carbocycles. The summed E-state index contributed by atoms with van der Waals surface area (Å²) in [6, 6.07) is 9.77. The second-order valence-electron chi connectivity index (χ2n) is 4.77. The molecule has 2 unspecified atom stereocenters. The van der Waals surface area contributed by atoms with E-state index in [1.165, 1.54) is 0 Å². The van der Waals surface area contributed by atoms with Gasteiger partial charge in [-0.25, -0.2) is 4.39 Å². The molecule has 0 saturated heterocycles. The van der Waals surface area contributed by atoms with E-state index >= 15 is 0 Å². The van der Waals surface area contributed by atoms with Gasteiger partial charge in [-0.2, -0.15) is 5.26 Å². The van der Waals surface area contributed by atoms with Gasteiger partial charge in [0, 0.05) is 12.8 Å². The third-order valence-electron chi connectivity index (χ3n) is 3.13. The van der Waals surface area contributed by atoms with E-state index in [1.54, 1.807) is 0 Å². The topological polar surface area (TPSA) is 50.1 Å². The maximum atomic E-state index is 13.1. The molecule has 0 radical (unpaired) electrons. The highest BCUT2D eigenvalue weighted by atomic mass is 19.1. The fraction of sp³-hybridized carbons (Fsp3) is 0.500. The van der Waals surface area contributed by atoms with Crippen molar-refractivity contribution in [1.82, 2.24) is 0 Å². The molecule has 0 bridgehead atoms. The smallest absolute Gasteiger partial charge is 0.308 e. The van der Waals surface area contributed by atoms with Gasteiger partial charge in [0.15, 0.2) is 0 Å². The zero-order valence-corrected chi connectivity index (χ0v) is 11.9. The van der Waals surface area contributed by atoms with E-state index in [0.717, 1.165) is 11.1 Å². The van der Waals surface area contributed by atoms with E-state index in [9.17, 15) is 14.4 Å². The number of aryl methyl sites for hydroxylation is 1. The van der Waals surface area contributed by atoms with Crippen molar-refractivity contribution in [2.45, 2.75) is 51.8 Å². The third-order valence-corrected chi connectivity index (χ3v) is 3.13. The zero-order chi connectivity index (χ0) is 15.0. The summed E-state index contributed by atoms with van der Waals surface area (Å²) in [6.07, 6.45) is -0.300. The second-order valence-corrected chi connectivity index (χ2v) is 4.77. The highest BCUT2D eigenvalue weighted by molar-refractivity contribution is 5.69. The maximum absolute atomic E-state index is 13.1. The molecular formula is C16H20FNO2. The Labute approximate surface area is 119 Å². The summed E-state index contributed by atoms with van der Waals surface area (Å²) in [7, 11) is 0. The molecule has 0 saturated carbocycles. The Morgan fingerprint density at radius 2 is 2.10 bits per heavy atom. The summed E-state index contributed by atoms with van der Waals surface area (Å²) in [4.78, 5) is 11.5. The van der Waals surface area contributed by atoms with Crippen molar-refractivity contribution in [1.29, 1.82) is 5.26 Å². The first-order valence-electron chi connectivity index (χ1n) is 6.87. The molecule has 2 atom stereocenters. The van der Waals surface area contributed by atoms with Crippen molar-refractivity contribution in [3.63, 3.8) is 0 Å². The molecule has 1 aromatic carbocycles. The van der Waals surface area contributed by atoms with Gasteiger partial charge >= 0.3 is 5.97 Å². The van der Waals surface area contributed by atoms with E-state index in [1.807, 2.05) is 38.1 Å². The summed E-state index contributed by atoms with van der Waals surface area (Å²) in [5, 5.41) is 9.21. The molecule has 108 valence electrons. The van der Waals surface area contributed by atoms with Gasteiger partial charge in [0.1, 0.15) is 0 Å². The van der Waals surface area contributed by atoms with E-state index < -0.39 is 12.3 Å². The molecule has 4 heteroatoms. The highest BCUT2D eigenvalue weighted by Gasteiger charge is 2.17. The van der Waals surface area contributed by atoms with Crippen LogP contribution < -0.4 is 0 Å². The number of carbonyl (C=O) groups excluding carboxylic acids is 1. The Balaban J connectivity index is 2.53. The summed E-state index contributed by atoms with van der Waals surface area (Å²) in [6.45, 7) is 3.75. The van der Waals surface area contributed by atoms with Gasteiger partial charge < -0.3 is 4.74 Å². The Bertz CT molecular complexity index is 482. The van der Waals surface area contributed by atoms with Crippen molar-refractivity contribution in [3.05, 3.63) is 35.4 Å². The molecule has 0 aromatic heterocycles. The van der Waals surface area contributed by atoms with Gasteiger partial charge in [0.05, 0.1) is 12.0 Å². The van der Waals surface area contributed by atoms with Crippen LogP contribution in [0.2, 0.25) is 0 Å². The minimum Gasteiger partial charge on any atom is -0.431 e. The third kappa shape index (κ3) is 5.00. The Kier molecular flexibility index (Phi) is 6.72. The fourth-order valence-corrected chi connectivity index (χ4v) is 2.02. The monoisotopic (exact) mass is 277 g/mol. The molecule has 0 heterocycles. The number of carbonyl (C=O) groups is 1. The number of benzene rings is 1. The first kappa shape index (κ1) is 16.2. The first-order valence-corrected chi connectivity index (χ1v) is 6.87. The number of rotatable bonds is 7. The van der Waals surface area contributed by atoms with Crippen LogP contribution in [-0.4, -0.2) is 12.3 Å². The largest absolute Gasteiger partial charge is 0.431 e. The van der Waals surface area contributed by atoms with Crippen LogP contribution in [0.25, 0.3) is 0 Å². The summed E-state index contributed by atoms with van der Waals surface area (Å²) < 4.78 is 17.8. The molecule has 0 spiro atoms. The molecular weight excluding hydrogens is 257 g/mol. The maximum Gasteiger partial charge on any atom is 0.308 e. The SMILES string of the molecule is CCCC(F)OC(=O)CCC(C#N)c1ccccc1C.